The Hall–Kier alpha value is 0.137. The van der Waals surface area contributed by atoms with Crippen LogP contribution in [0.3, 0.4) is 0 Å². The molecule has 3 heteroatoms. The van der Waals surface area contributed by atoms with Gasteiger partial charge in [-0.3, -0.25) is 0 Å². The Bertz CT molecular complexity index is 200. The summed E-state index contributed by atoms with van der Waals surface area (Å²) in [7, 11) is -1.94. The first-order valence-corrected chi connectivity index (χ1v) is 8.87. The highest BCUT2D eigenvalue weighted by molar-refractivity contribution is 6.71. The average Bonchev–Trinajstić information content (AvgIpc) is 2.97. The van der Waals surface area contributed by atoms with Crippen LogP contribution in [0.1, 0.15) is 53.9 Å². The fourth-order valence-electron chi connectivity index (χ4n) is 2.90. The summed E-state index contributed by atoms with van der Waals surface area (Å²) in [5.74, 6) is 0.886. The molecule has 1 aliphatic rings. The Kier molecular flexibility index (Phi) is 5.48. The van der Waals surface area contributed by atoms with E-state index in [4.69, 9.17) is 8.85 Å². The van der Waals surface area contributed by atoms with Crippen LogP contribution >= 0.6 is 0 Å². The van der Waals surface area contributed by atoms with Crippen molar-refractivity contribution in [3.8, 4) is 0 Å². The van der Waals surface area contributed by atoms with Crippen LogP contribution in [0, 0.1) is 5.92 Å². The van der Waals surface area contributed by atoms with Gasteiger partial charge in [0.2, 0.25) is 0 Å². The van der Waals surface area contributed by atoms with Crippen LogP contribution in [0.4, 0.5) is 0 Å². The van der Waals surface area contributed by atoms with E-state index in [2.05, 4.69) is 34.6 Å². The first kappa shape index (κ1) is 14.2. The molecular formula is C13H28O2Si. The molecule has 0 radical (unpaired) electrons. The van der Waals surface area contributed by atoms with Crippen molar-refractivity contribution in [2.45, 2.75) is 65.0 Å². The van der Waals surface area contributed by atoms with Gasteiger partial charge in [-0.25, -0.2) is 0 Å². The first-order chi connectivity index (χ1) is 7.62. The molecule has 0 amide bonds. The average molecular weight is 244 g/mol. The zero-order chi connectivity index (χ0) is 12.2. The van der Waals surface area contributed by atoms with Gasteiger partial charge in [-0.05, 0) is 31.7 Å². The lowest BCUT2D eigenvalue weighted by atomic mass is 10.2. The molecule has 1 rings (SSSR count). The minimum absolute atomic E-state index is 0.569. The Morgan fingerprint density at radius 3 is 2.06 bits per heavy atom. The minimum Gasteiger partial charge on any atom is -0.394 e. The third-order valence-corrected chi connectivity index (χ3v) is 8.47. The van der Waals surface area contributed by atoms with Gasteiger partial charge < -0.3 is 8.85 Å². The molecule has 0 aromatic heterocycles. The molecule has 0 aromatic rings. The van der Waals surface area contributed by atoms with Gasteiger partial charge in [0.25, 0.3) is 0 Å². The number of rotatable bonds is 8. The van der Waals surface area contributed by atoms with E-state index in [9.17, 15) is 0 Å². The minimum atomic E-state index is -1.94. The van der Waals surface area contributed by atoms with E-state index < -0.39 is 8.56 Å². The molecule has 0 heterocycles. The lowest BCUT2D eigenvalue weighted by molar-refractivity contribution is 0.171. The summed E-state index contributed by atoms with van der Waals surface area (Å²) in [6, 6.07) is 0. The van der Waals surface area contributed by atoms with Gasteiger partial charge in [-0.1, -0.05) is 33.6 Å². The van der Waals surface area contributed by atoms with Crippen LogP contribution in [0.5, 0.6) is 0 Å². The van der Waals surface area contributed by atoms with Crippen LogP contribution in [-0.2, 0) is 8.85 Å². The summed E-state index contributed by atoms with van der Waals surface area (Å²) in [6.45, 7) is 12.6. The van der Waals surface area contributed by atoms with Crippen LogP contribution in [0.2, 0.25) is 11.1 Å². The van der Waals surface area contributed by atoms with Gasteiger partial charge in [-0.2, -0.15) is 0 Å². The maximum absolute atomic E-state index is 6.15. The van der Waals surface area contributed by atoms with Gasteiger partial charge in [0.05, 0.1) is 0 Å². The summed E-state index contributed by atoms with van der Waals surface area (Å²) in [5.41, 5.74) is 1.33. The van der Waals surface area contributed by atoms with E-state index in [0.717, 1.165) is 24.7 Å². The van der Waals surface area contributed by atoms with Crippen molar-refractivity contribution in [3.63, 3.8) is 0 Å². The second kappa shape index (κ2) is 6.17. The maximum atomic E-state index is 6.15. The molecule has 96 valence electrons. The Morgan fingerprint density at radius 2 is 1.69 bits per heavy atom. The number of hydrogen-bond acceptors (Lipinski definition) is 2. The maximum Gasteiger partial charge on any atom is 0.344 e. The fraction of sp³-hybridized carbons (Fsp3) is 1.00. The predicted octanol–water partition coefficient (Wildman–Crippen LogP) is 4.10. The van der Waals surface area contributed by atoms with Crippen LogP contribution < -0.4 is 0 Å². The van der Waals surface area contributed by atoms with Gasteiger partial charge in [-0.15, -0.1) is 0 Å². The molecule has 2 nitrogen and oxygen atoms in total. The lowest BCUT2D eigenvalue weighted by Gasteiger charge is -2.34. The third kappa shape index (κ3) is 2.87. The molecule has 0 aromatic carbocycles. The van der Waals surface area contributed by atoms with Crippen LogP contribution in [-0.4, -0.2) is 21.8 Å². The van der Waals surface area contributed by atoms with Gasteiger partial charge in [0.1, 0.15) is 0 Å². The Morgan fingerprint density at radius 1 is 1.12 bits per heavy atom. The quantitative estimate of drug-likeness (QED) is 0.598. The van der Waals surface area contributed by atoms with E-state index in [-0.39, 0.29) is 0 Å². The summed E-state index contributed by atoms with van der Waals surface area (Å²) in [4.78, 5) is 0. The van der Waals surface area contributed by atoms with Gasteiger partial charge >= 0.3 is 8.56 Å². The fourth-order valence-corrected chi connectivity index (χ4v) is 7.29. The second-order valence-corrected chi connectivity index (χ2v) is 9.05. The standard InChI is InChI=1S/C13H28O2Si/c1-6-9-12-10-13(12)16(11(4)5,14-7-2)15-8-3/h11-13H,6-10H2,1-5H3. The highest BCUT2D eigenvalue weighted by Gasteiger charge is 2.59. The molecule has 1 saturated carbocycles. The van der Waals surface area contributed by atoms with Crippen molar-refractivity contribution in [2.24, 2.45) is 5.92 Å². The molecule has 0 aliphatic heterocycles. The van der Waals surface area contributed by atoms with Crippen molar-refractivity contribution >= 4 is 8.56 Å². The monoisotopic (exact) mass is 244 g/mol. The lowest BCUT2D eigenvalue weighted by Crippen LogP contribution is -2.46. The van der Waals surface area contributed by atoms with E-state index in [1.165, 1.54) is 19.3 Å². The third-order valence-electron chi connectivity index (χ3n) is 3.64. The van der Waals surface area contributed by atoms with Crippen LogP contribution in [0.15, 0.2) is 0 Å². The molecular weight excluding hydrogens is 216 g/mol. The predicted molar refractivity (Wildman–Crippen MR) is 70.9 cm³/mol. The SMILES string of the molecule is CCCC1CC1[Si](OCC)(OCC)C(C)C. The summed E-state index contributed by atoms with van der Waals surface area (Å²) >= 11 is 0. The Balaban J connectivity index is 2.69. The zero-order valence-electron chi connectivity index (χ0n) is 11.6. The topological polar surface area (TPSA) is 18.5 Å². The number of hydrogen-bond donors (Lipinski definition) is 0. The van der Waals surface area contributed by atoms with E-state index in [0.29, 0.717) is 5.54 Å². The van der Waals surface area contributed by atoms with Crippen molar-refractivity contribution in [1.29, 1.82) is 0 Å². The van der Waals surface area contributed by atoms with E-state index >= 15 is 0 Å². The molecule has 0 saturated heterocycles. The molecule has 0 N–H and O–H groups in total. The Labute approximate surface area is 102 Å². The summed E-state index contributed by atoms with van der Waals surface area (Å²) in [6.07, 6.45) is 3.99. The summed E-state index contributed by atoms with van der Waals surface area (Å²) < 4.78 is 12.3. The first-order valence-electron chi connectivity index (χ1n) is 6.90. The van der Waals surface area contributed by atoms with E-state index in [1.54, 1.807) is 0 Å². The molecule has 16 heavy (non-hydrogen) atoms. The van der Waals surface area contributed by atoms with Gasteiger partial charge in [0.15, 0.2) is 0 Å². The zero-order valence-corrected chi connectivity index (χ0v) is 12.6. The van der Waals surface area contributed by atoms with Gasteiger partial charge in [0, 0.05) is 18.8 Å². The van der Waals surface area contributed by atoms with Crippen molar-refractivity contribution in [2.75, 3.05) is 13.2 Å². The van der Waals surface area contributed by atoms with Crippen molar-refractivity contribution in [3.05, 3.63) is 0 Å². The molecule has 0 spiro atoms. The van der Waals surface area contributed by atoms with Crippen molar-refractivity contribution in [1.82, 2.24) is 0 Å². The molecule has 0 bridgehead atoms. The highest BCUT2D eigenvalue weighted by atomic mass is 28.4. The normalized spacial score (nSPS) is 25.1. The molecule has 1 aliphatic carbocycles. The smallest absolute Gasteiger partial charge is 0.344 e. The molecule has 2 unspecified atom stereocenters. The van der Waals surface area contributed by atoms with Crippen LogP contribution in [0.25, 0.3) is 0 Å². The molecule has 2 atom stereocenters. The van der Waals surface area contributed by atoms with Crippen molar-refractivity contribution < 1.29 is 8.85 Å². The molecule has 1 fully saturated rings. The largest absolute Gasteiger partial charge is 0.394 e. The van der Waals surface area contributed by atoms with E-state index in [1.807, 2.05) is 0 Å². The summed E-state index contributed by atoms with van der Waals surface area (Å²) in [5, 5.41) is 0. The highest BCUT2D eigenvalue weighted by Crippen LogP contribution is 2.57. The second-order valence-electron chi connectivity index (χ2n) is 5.13.